The van der Waals surface area contributed by atoms with Gasteiger partial charge in [-0.1, -0.05) is 0 Å². The SMILES string of the molecule is O[C@@H]1COCCNC[C@@H]1O. The summed E-state index contributed by atoms with van der Waals surface area (Å²) in [6.45, 7) is 2.03. The van der Waals surface area contributed by atoms with E-state index in [1.807, 2.05) is 0 Å². The minimum atomic E-state index is -0.743. The average Bonchev–Trinajstić information content (AvgIpc) is 1.92. The van der Waals surface area contributed by atoms with Crippen LogP contribution in [0.2, 0.25) is 0 Å². The van der Waals surface area contributed by atoms with Crippen LogP contribution in [0.15, 0.2) is 0 Å². The summed E-state index contributed by atoms with van der Waals surface area (Å²) >= 11 is 0. The molecule has 0 bridgehead atoms. The van der Waals surface area contributed by atoms with E-state index in [-0.39, 0.29) is 6.61 Å². The van der Waals surface area contributed by atoms with Gasteiger partial charge in [0.05, 0.1) is 19.3 Å². The topological polar surface area (TPSA) is 61.7 Å². The van der Waals surface area contributed by atoms with Crippen LogP contribution < -0.4 is 5.32 Å². The van der Waals surface area contributed by atoms with E-state index in [0.29, 0.717) is 13.2 Å². The fraction of sp³-hybridized carbons (Fsp3) is 1.00. The van der Waals surface area contributed by atoms with E-state index in [1.165, 1.54) is 0 Å². The van der Waals surface area contributed by atoms with E-state index < -0.39 is 12.2 Å². The number of aliphatic hydroxyl groups is 2. The van der Waals surface area contributed by atoms with Crippen LogP contribution in [-0.2, 0) is 4.74 Å². The van der Waals surface area contributed by atoms with Crippen LogP contribution in [0.5, 0.6) is 0 Å². The molecule has 0 saturated carbocycles. The molecular weight excluding hydrogens is 134 g/mol. The number of ether oxygens (including phenoxy) is 1. The molecule has 1 aliphatic rings. The largest absolute Gasteiger partial charge is 0.389 e. The Bertz CT molecular complexity index is 87.0. The highest BCUT2D eigenvalue weighted by Gasteiger charge is 2.17. The van der Waals surface area contributed by atoms with Gasteiger partial charge in [0.1, 0.15) is 6.10 Å². The molecule has 4 nitrogen and oxygen atoms in total. The Balaban J connectivity index is 2.28. The molecule has 0 spiro atoms. The third-order valence-corrected chi connectivity index (χ3v) is 1.51. The quantitative estimate of drug-likeness (QED) is 0.383. The maximum Gasteiger partial charge on any atom is 0.104 e. The molecule has 0 aromatic carbocycles. The zero-order chi connectivity index (χ0) is 7.40. The van der Waals surface area contributed by atoms with E-state index in [9.17, 15) is 0 Å². The van der Waals surface area contributed by atoms with Gasteiger partial charge in [-0.15, -0.1) is 0 Å². The first-order valence-electron chi connectivity index (χ1n) is 3.45. The molecule has 1 aliphatic heterocycles. The summed E-state index contributed by atoms with van der Waals surface area (Å²) in [5.41, 5.74) is 0. The fourth-order valence-electron chi connectivity index (χ4n) is 0.845. The first kappa shape index (κ1) is 7.94. The van der Waals surface area contributed by atoms with Crippen molar-refractivity contribution < 1.29 is 14.9 Å². The normalized spacial score (nSPS) is 36.6. The predicted octanol–water partition coefficient (Wildman–Crippen LogP) is -1.67. The first-order chi connectivity index (χ1) is 4.80. The summed E-state index contributed by atoms with van der Waals surface area (Å²) in [6, 6.07) is 0. The lowest BCUT2D eigenvalue weighted by molar-refractivity contribution is -0.0463. The molecular formula is C6H13NO3. The van der Waals surface area contributed by atoms with Crippen molar-refractivity contribution in [1.29, 1.82) is 0 Å². The van der Waals surface area contributed by atoms with Gasteiger partial charge in [-0.2, -0.15) is 0 Å². The van der Waals surface area contributed by atoms with Crippen LogP contribution >= 0.6 is 0 Å². The van der Waals surface area contributed by atoms with Gasteiger partial charge in [-0.05, 0) is 0 Å². The molecule has 0 aliphatic carbocycles. The fourth-order valence-corrected chi connectivity index (χ4v) is 0.845. The van der Waals surface area contributed by atoms with Gasteiger partial charge >= 0.3 is 0 Å². The number of aliphatic hydroxyl groups excluding tert-OH is 2. The molecule has 0 amide bonds. The van der Waals surface area contributed by atoms with Crippen molar-refractivity contribution in [3.63, 3.8) is 0 Å². The highest BCUT2D eigenvalue weighted by molar-refractivity contribution is 4.70. The minimum Gasteiger partial charge on any atom is -0.389 e. The zero-order valence-corrected chi connectivity index (χ0v) is 5.79. The number of hydrogen-bond donors (Lipinski definition) is 3. The summed E-state index contributed by atoms with van der Waals surface area (Å²) in [6.07, 6.45) is -1.44. The molecule has 0 aromatic rings. The number of nitrogens with one attached hydrogen (secondary N) is 1. The molecule has 2 atom stereocenters. The predicted molar refractivity (Wildman–Crippen MR) is 35.7 cm³/mol. The zero-order valence-electron chi connectivity index (χ0n) is 5.79. The van der Waals surface area contributed by atoms with Crippen LogP contribution in [0.3, 0.4) is 0 Å². The molecule has 0 aromatic heterocycles. The molecule has 1 rings (SSSR count). The minimum absolute atomic E-state index is 0.239. The van der Waals surface area contributed by atoms with Gasteiger partial charge in [0, 0.05) is 13.1 Å². The number of rotatable bonds is 0. The van der Waals surface area contributed by atoms with E-state index >= 15 is 0 Å². The summed E-state index contributed by atoms with van der Waals surface area (Å²) in [7, 11) is 0. The maximum absolute atomic E-state index is 9.09. The van der Waals surface area contributed by atoms with Crippen LogP contribution in [0.1, 0.15) is 0 Å². The van der Waals surface area contributed by atoms with Crippen molar-refractivity contribution in [3.05, 3.63) is 0 Å². The molecule has 0 unspecified atom stereocenters. The second kappa shape index (κ2) is 3.88. The number of β-amino-alcohol motifs (C(OH)–C–C–N with tert-alkyl or cyclic N) is 1. The highest BCUT2D eigenvalue weighted by atomic mass is 16.5. The lowest BCUT2D eigenvalue weighted by Gasteiger charge is -2.21. The van der Waals surface area contributed by atoms with Crippen molar-refractivity contribution in [2.75, 3.05) is 26.3 Å². The smallest absolute Gasteiger partial charge is 0.104 e. The van der Waals surface area contributed by atoms with Crippen molar-refractivity contribution in [2.24, 2.45) is 0 Å². The lowest BCUT2D eigenvalue weighted by Crippen LogP contribution is -2.42. The third-order valence-electron chi connectivity index (χ3n) is 1.51. The maximum atomic E-state index is 9.09. The summed E-state index contributed by atoms with van der Waals surface area (Å²) in [5, 5.41) is 21.1. The van der Waals surface area contributed by atoms with Crippen molar-refractivity contribution >= 4 is 0 Å². The standard InChI is InChI=1S/C6H13NO3/c8-5-3-7-1-2-10-4-6(5)9/h5-9H,1-4H2/t5-,6+/m0/s1. The van der Waals surface area contributed by atoms with Crippen molar-refractivity contribution in [2.45, 2.75) is 12.2 Å². The van der Waals surface area contributed by atoms with Crippen molar-refractivity contribution in [1.82, 2.24) is 5.32 Å². The highest BCUT2D eigenvalue weighted by Crippen LogP contribution is 1.95. The van der Waals surface area contributed by atoms with E-state index in [0.717, 1.165) is 6.54 Å². The Morgan fingerprint density at radius 2 is 2.10 bits per heavy atom. The van der Waals surface area contributed by atoms with E-state index in [4.69, 9.17) is 14.9 Å². The second-order valence-corrected chi connectivity index (χ2v) is 2.41. The molecule has 10 heavy (non-hydrogen) atoms. The van der Waals surface area contributed by atoms with E-state index in [1.54, 1.807) is 0 Å². The Morgan fingerprint density at radius 3 is 2.90 bits per heavy atom. The van der Waals surface area contributed by atoms with Gasteiger partial charge in [0.2, 0.25) is 0 Å². The van der Waals surface area contributed by atoms with Crippen LogP contribution in [0.25, 0.3) is 0 Å². The van der Waals surface area contributed by atoms with Gasteiger partial charge < -0.3 is 20.3 Å². The summed E-state index contributed by atoms with van der Waals surface area (Å²) in [5.74, 6) is 0. The third kappa shape index (κ3) is 2.22. The van der Waals surface area contributed by atoms with Crippen molar-refractivity contribution in [3.8, 4) is 0 Å². The molecule has 1 heterocycles. The second-order valence-electron chi connectivity index (χ2n) is 2.41. The monoisotopic (exact) mass is 147 g/mol. The van der Waals surface area contributed by atoms with Gasteiger partial charge in [-0.25, -0.2) is 0 Å². The van der Waals surface area contributed by atoms with Crippen LogP contribution in [-0.4, -0.2) is 48.7 Å². The average molecular weight is 147 g/mol. The molecule has 3 N–H and O–H groups in total. The molecule has 0 radical (unpaired) electrons. The Labute approximate surface area is 59.8 Å². The molecule has 4 heteroatoms. The Hall–Kier alpha value is -0.160. The Morgan fingerprint density at radius 1 is 1.30 bits per heavy atom. The molecule has 1 fully saturated rings. The molecule has 60 valence electrons. The number of hydrogen-bond acceptors (Lipinski definition) is 4. The van der Waals surface area contributed by atoms with Gasteiger partial charge in [-0.3, -0.25) is 0 Å². The molecule has 1 saturated heterocycles. The first-order valence-corrected chi connectivity index (χ1v) is 3.45. The van der Waals surface area contributed by atoms with Gasteiger partial charge in [0.25, 0.3) is 0 Å². The summed E-state index contributed by atoms with van der Waals surface area (Å²) in [4.78, 5) is 0. The van der Waals surface area contributed by atoms with Crippen LogP contribution in [0, 0.1) is 0 Å². The Kier molecular flexibility index (Phi) is 3.08. The van der Waals surface area contributed by atoms with Gasteiger partial charge in [0.15, 0.2) is 0 Å². The summed E-state index contributed by atoms with van der Waals surface area (Å²) < 4.78 is 4.98. The van der Waals surface area contributed by atoms with Crippen LogP contribution in [0.4, 0.5) is 0 Å². The van der Waals surface area contributed by atoms with E-state index in [2.05, 4.69) is 5.32 Å². The lowest BCUT2D eigenvalue weighted by atomic mass is 10.2.